The molecule has 4 heteroatoms. The number of carbonyl (C=O) groups is 1. The van der Waals surface area contributed by atoms with Gasteiger partial charge in [-0.25, -0.2) is 4.98 Å². The van der Waals surface area contributed by atoms with E-state index in [9.17, 15) is 4.79 Å². The van der Waals surface area contributed by atoms with E-state index in [2.05, 4.69) is 17.2 Å². The van der Waals surface area contributed by atoms with E-state index in [1.807, 2.05) is 7.05 Å². The van der Waals surface area contributed by atoms with Gasteiger partial charge in [0.25, 0.3) is 0 Å². The summed E-state index contributed by atoms with van der Waals surface area (Å²) in [4.78, 5) is 16.2. The molecule has 1 aromatic rings. The highest BCUT2D eigenvalue weighted by Crippen LogP contribution is 2.22. The molecule has 0 radical (unpaired) electrons. The van der Waals surface area contributed by atoms with E-state index in [0.29, 0.717) is 5.92 Å². The molecule has 0 amide bonds. The van der Waals surface area contributed by atoms with Gasteiger partial charge in [0.1, 0.15) is 5.69 Å². The van der Waals surface area contributed by atoms with Crippen LogP contribution in [0.2, 0.25) is 0 Å². The summed E-state index contributed by atoms with van der Waals surface area (Å²) in [5.74, 6) is 0.812. The molecule has 2 heterocycles. The maximum Gasteiger partial charge on any atom is 0.184 e. The first-order chi connectivity index (χ1) is 7.20. The number of piperidine rings is 1. The van der Waals surface area contributed by atoms with Crippen molar-refractivity contribution < 1.29 is 4.79 Å². The minimum absolute atomic E-state index is 0.154. The third-order valence-corrected chi connectivity index (χ3v) is 3.19. The van der Waals surface area contributed by atoms with Crippen LogP contribution in [-0.4, -0.2) is 28.4 Å². The van der Waals surface area contributed by atoms with Gasteiger partial charge in [0.15, 0.2) is 5.78 Å². The Morgan fingerprint density at radius 1 is 1.67 bits per heavy atom. The van der Waals surface area contributed by atoms with Crippen molar-refractivity contribution in [2.75, 3.05) is 13.1 Å². The monoisotopic (exact) mass is 207 g/mol. The van der Waals surface area contributed by atoms with Crippen LogP contribution < -0.4 is 5.32 Å². The number of aryl methyl sites for hydroxylation is 1. The van der Waals surface area contributed by atoms with Gasteiger partial charge in [0.2, 0.25) is 0 Å². The molecular weight excluding hydrogens is 190 g/mol. The van der Waals surface area contributed by atoms with Gasteiger partial charge >= 0.3 is 0 Å². The molecule has 2 unspecified atom stereocenters. The Labute approximate surface area is 89.7 Å². The zero-order chi connectivity index (χ0) is 10.8. The van der Waals surface area contributed by atoms with Gasteiger partial charge in [-0.2, -0.15) is 0 Å². The molecule has 0 bridgehead atoms. The zero-order valence-corrected chi connectivity index (χ0v) is 9.23. The van der Waals surface area contributed by atoms with Crippen LogP contribution in [0.1, 0.15) is 23.8 Å². The number of nitrogens with one attached hydrogen (secondary N) is 1. The van der Waals surface area contributed by atoms with E-state index in [0.717, 1.165) is 25.2 Å². The molecule has 1 saturated heterocycles. The average Bonchev–Trinajstić information content (AvgIpc) is 2.64. The van der Waals surface area contributed by atoms with Gasteiger partial charge in [0.05, 0.1) is 12.5 Å². The standard InChI is InChI=1S/C11H17N3O/c1-8-5-12-4-3-9(8)11(15)10-6-13-7-14(10)2/h6-9,12H,3-5H2,1-2H3. The lowest BCUT2D eigenvalue weighted by Crippen LogP contribution is -2.39. The van der Waals surface area contributed by atoms with Crippen molar-refractivity contribution in [2.24, 2.45) is 18.9 Å². The van der Waals surface area contributed by atoms with E-state index in [-0.39, 0.29) is 11.7 Å². The topological polar surface area (TPSA) is 46.9 Å². The summed E-state index contributed by atoms with van der Waals surface area (Å²) < 4.78 is 1.80. The normalized spacial score (nSPS) is 26.5. The van der Waals surface area contributed by atoms with E-state index in [1.54, 1.807) is 17.1 Å². The molecule has 82 valence electrons. The highest BCUT2D eigenvalue weighted by molar-refractivity contribution is 5.96. The average molecular weight is 207 g/mol. The lowest BCUT2D eigenvalue weighted by molar-refractivity contribution is 0.0839. The number of hydrogen-bond acceptors (Lipinski definition) is 3. The molecule has 1 aliphatic rings. The minimum atomic E-state index is 0.154. The van der Waals surface area contributed by atoms with Crippen LogP contribution in [0.25, 0.3) is 0 Å². The van der Waals surface area contributed by atoms with Gasteiger partial charge in [0, 0.05) is 13.0 Å². The molecule has 2 rings (SSSR count). The van der Waals surface area contributed by atoms with Crippen LogP contribution >= 0.6 is 0 Å². The number of ketones is 1. The van der Waals surface area contributed by atoms with E-state index in [1.165, 1.54) is 0 Å². The molecule has 0 saturated carbocycles. The Bertz CT molecular complexity index is 358. The fraction of sp³-hybridized carbons (Fsp3) is 0.636. The summed E-state index contributed by atoms with van der Waals surface area (Å²) in [6.07, 6.45) is 4.28. The number of hydrogen-bond donors (Lipinski definition) is 1. The van der Waals surface area contributed by atoms with Gasteiger partial charge < -0.3 is 9.88 Å². The SMILES string of the molecule is CC1CNCCC1C(=O)c1cncn1C. The first kappa shape index (κ1) is 10.4. The molecular formula is C11H17N3O. The van der Waals surface area contributed by atoms with E-state index >= 15 is 0 Å². The fourth-order valence-electron chi connectivity index (χ4n) is 2.19. The third kappa shape index (κ3) is 1.95. The van der Waals surface area contributed by atoms with Crippen LogP contribution in [0.3, 0.4) is 0 Å². The van der Waals surface area contributed by atoms with Crippen molar-refractivity contribution in [3.8, 4) is 0 Å². The summed E-state index contributed by atoms with van der Waals surface area (Å²) >= 11 is 0. The highest BCUT2D eigenvalue weighted by Gasteiger charge is 2.29. The summed E-state index contributed by atoms with van der Waals surface area (Å²) in [6.45, 7) is 4.01. The Hall–Kier alpha value is -1.16. The number of carbonyl (C=O) groups excluding carboxylic acids is 1. The van der Waals surface area contributed by atoms with Crippen LogP contribution in [0, 0.1) is 11.8 Å². The molecule has 15 heavy (non-hydrogen) atoms. The van der Waals surface area contributed by atoms with Gasteiger partial charge in [-0.05, 0) is 25.4 Å². The molecule has 0 aliphatic carbocycles. The first-order valence-corrected chi connectivity index (χ1v) is 5.41. The first-order valence-electron chi connectivity index (χ1n) is 5.41. The molecule has 1 N–H and O–H groups in total. The molecule has 1 aromatic heterocycles. The van der Waals surface area contributed by atoms with E-state index < -0.39 is 0 Å². The predicted octanol–water partition coefficient (Wildman–Crippen LogP) is 0.848. The van der Waals surface area contributed by atoms with Crippen LogP contribution in [0.4, 0.5) is 0 Å². The number of aromatic nitrogens is 2. The van der Waals surface area contributed by atoms with Gasteiger partial charge in [-0.15, -0.1) is 0 Å². The lowest BCUT2D eigenvalue weighted by atomic mass is 9.83. The Morgan fingerprint density at radius 3 is 3.07 bits per heavy atom. The van der Waals surface area contributed by atoms with Gasteiger partial charge in [-0.3, -0.25) is 4.79 Å². The van der Waals surface area contributed by atoms with Crippen molar-refractivity contribution in [1.82, 2.24) is 14.9 Å². The maximum absolute atomic E-state index is 12.2. The van der Waals surface area contributed by atoms with Crippen LogP contribution in [0.15, 0.2) is 12.5 Å². The second kappa shape index (κ2) is 4.14. The number of imidazole rings is 1. The van der Waals surface area contributed by atoms with Crippen molar-refractivity contribution in [1.29, 1.82) is 0 Å². The second-order valence-electron chi connectivity index (χ2n) is 4.33. The van der Waals surface area contributed by atoms with Crippen LogP contribution in [-0.2, 0) is 7.05 Å². The Kier molecular flexibility index (Phi) is 2.86. The predicted molar refractivity (Wildman–Crippen MR) is 57.7 cm³/mol. The number of rotatable bonds is 2. The second-order valence-corrected chi connectivity index (χ2v) is 4.33. The molecule has 0 aromatic carbocycles. The molecule has 0 spiro atoms. The Balaban J connectivity index is 2.17. The summed E-state index contributed by atoms with van der Waals surface area (Å²) in [7, 11) is 1.87. The van der Waals surface area contributed by atoms with Crippen molar-refractivity contribution in [3.05, 3.63) is 18.2 Å². The molecule has 1 aliphatic heterocycles. The summed E-state index contributed by atoms with van der Waals surface area (Å²) in [5, 5.41) is 3.30. The van der Waals surface area contributed by atoms with Gasteiger partial charge in [-0.1, -0.05) is 6.92 Å². The zero-order valence-electron chi connectivity index (χ0n) is 9.23. The quantitative estimate of drug-likeness (QED) is 0.731. The molecule has 1 fully saturated rings. The molecule has 2 atom stereocenters. The minimum Gasteiger partial charge on any atom is -0.331 e. The highest BCUT2D eigenvalue weighted by atomic mass is 16.1. The summed E-state index contributed by atoms with van der Waals surface area (Å²) in [5.41, 5.74) is 0.730. The van der Waals surface area contributed by atoms with Crippen molar-refractivity contribution >= 4 is 5.78 Å². The third-order valence-electron chi connectivity index (χ3n) is 3.19. The summed E-state index contributed by atoms with van der Waals surface area (Å²) in [6, 6.07) is 0. The lowest BCUT2D eigenvalue weighted by Gasteiger charge is -2.28. The van der Waals surface area contributed by atoms with Crippen molar-refractivity contribution in [2.45, 2.75) is 13.3 Å². The smallest absolute Gasteiger partial charge is 0.184 e. The maximum atomic E-state index is 12.2. The fourth-order valence-corrected chi connectivity index (χ4v) is 2.19. The largest absolute Gasteiger partial charge is 0.331 e. The molecule has 4 nitrogen and oxygen atoms in total. The number of nitrogens with zero attached hydrogens (tertiary/aromatic N) is 2. The van der Waals surface area contributed by atoms with Crippen molar-refractivity contribution in [3.63, 3.8) is 0 Å². The Morgan fingerprint density at radius 2 is 2.47 bits per heavy atom. The van der Waals surface area contributed by atoms with Crippen LogP contribution in [0.5, 0.6) is 0 Å². The van der Waals surface area contributed by atoms with E-state index in [4.69, 9.17) is 0 Å². The number of Topliss-reactive ketones (excluding diaryl/α,β-unsaturated/α-hetero) is 1.